The van der Waals surface area contributed by atoms with E-state index in [2.05, 4.69) is 4.74 Å². The van der Waals surface area contributed by atoms with Gasteiger partial charge in [0.05, 0.1) is 7.11 Å². The molecule has 4 heteroatoms. The van der Waals surface area contributed by atoms with Crippen LogP contribution in [0.5, 0.6) is 0 Å². The minimum Gasteiger partial charge on any atom is -0.550 e. The van der Waals surface area contributed by atoms with Crippen LogP contribution in [0, 0.1) is 6.20 Å². The molecule has 3 nitrogen and oxygen atoms in total. The summed E-state index contributed by atoms with van der Waals surface area (Å²) in [4.78, 5) is 9.99. The van der Waals surface area contributed by atoms with E-state index in [1.807, 2.05) is 6.20 Å². The zero-order valence-electron chi connectivity index (χ0n) is 4.68. The smallest absolute Gasteiger partial charge is 0.169 e. The van der Waals surface area contributed by atoms with Gasteiger partial charge in [0.25, 0.3) is 0 Å². The van der Waals surface area contributed by atoms with Crippen molar-refractivity contribution in [3.8, 4) is 0 Å². The second-order valence-electron chi connectivity index (χ2n) is 0.834. The number of ether oxygens (including phenoxy) is 1. The van der Waals surface area contributed by atoms with E-state index in [9.17, 15) is 4.79 Å². The number of carbonyl (C=O) groups excluding carboxylic acids is 1. The summed E-state index contributed by atoms with van der Waals surface area (Å²) in [6.45, 7) is 0. The molecule has 0 spiro atoms. The van der Waals surface area contributed by atoms with E-state index in [4.69, 9.17) is 5.73 Å². The molecule has 42 valence electrons. The number of esters is 1. The Balaban J connectivity index is 0. The molecular weight excluding hydrogens is 361 g/mol. The van der Waals surface area contributed by atoms with Crippen LogP contribution in [0.3, 0.4) is 0 Å². The quantitative estimate of drug-likeness (QED) is 0.293. The van der Waals surface area contributed by atoms with Crippen LogP contribution in [-0.4, -0.2) is 13.1 Å². The van der Waals surface area contributed by atoms with Crippen molar-refractivity contribution in [1.29, 1.82) is 0 Å². The standard InChI is InChI=1S/C4H6NO2.Rf/c1-7-4(6)2-3-5;/h2H,5H2,1H3;/q-1;. The van der Waals surface area contributed by atoms with Gasteiger partial charge >= 0.3 is 0 Å². The number of carbonyl (C=O) groups is 1. The summed E-state index contributed by atoms with van der Waals surface area (Å²) in [5.74, 6) is -0.484. The van der Waals surface area contributed by atoms with Gasteiger partial charge in [-0.3, -0.25) is 0 Å². The fraction of sp³-hybridized carbons (Fsp3) is 0.250. The first-order chi connectivity index (χ1) is 3.31. The molecule has 0 unspecified atom stereocenters. The molecule has 0 aromatic heterocycles. The minimum atomic E-state index is -0.484. The summed E-state index contributed by atoms with van der Waals surface area (Å²) in [7, 11) is 1.27. The summed E-state index contributed by atoms with van der Waals surface area (Å²) in [5, 5.41) is 0. The van der Waals surface area contributed by atoms with Crippen molar-refractivity contribution in [3.63, 3.8) is 0 Å². The van der Waals surface area contributed by atoms with Crippen LogP contribution in [0.4, 0.5) is 0 Å². The van der Waals surface area contributed by atoms with Gasteiger partial charge in [0.2, 0.25) is 0 Å². The average molecular weight is 367 g/mol. The molecule has 0 aromatic rings. The molecule has 0 aliphatic carbocycles. The van der Waals surface area contributed by atoms with Gasteiger partial charge in [0.15, 0.2) is 5.97 Å². The Labute approximate surface area is 41.8 Å². The second kappa shape index (κ2) is 5.01. The monoisotopic (exact) mass is 367 g/mol. The molecule has 2 N–H and O–H groups in total. The SMILES string of the molecule is COC(=O)C=[C-]N.[Rf]. The molecule has 0 bridgehead atoms. The third kappa shape index (κ3) is 4.01. The van der Waals surface area contributed by atoms with Gasteiger partial charge in [0, 0.05) is 0 Å². The van der Waals surface area contributed by atoms with Gasteiger partial charge in [-0.1, -0.05) is 0 Å². The van der Waals surface area contributed by atoms with Crippen molar-refractivity contribution in [3.05, 3.63) is 12.3 Å². The molecule has 0 radical (unpaired) electrons. The number of rotatable bonds is 1. The second-order valence-corrected chi connectivity index (χ2v) is 0.834. The normalized spacial score (nSPS) is 8.12. The van der Waals surface area contributed by atoms with E-state index in [1.165, 1.54) is 7.11 Å². The summed E-state index contributed by atoms with van der Waals surface area (Å²) < 4.78 is 4.15. The molecule has 0 atom stereocenters. The van der Waals surface area contributed by atoms with Crippen LogP contribution in [0.25, 0.3) is 0 Å². The molecule has 0 rings (SSSR count). The number of methoxy groups -OCH3 is 1. The Morgan fingerprint density at radius 2 is 2.38 bits per heavy atom. The van der Waals surface area contributed by atoms with Crippen molar-refractivity contribution >= 4 is 5.97 Å². The van der Waals surface area contributed by atoms with Gasteiger partial charge in [-0.25, -0.2) is 0 Å². The topological polar surface area (TPSA) is 52.3 Å². The molecule has 0 fully saturated rings. The maximum Gasteiger partial charge on any atom is 0.169 e. The maximum absolute atomic E-state index is 9.99. The van der Waals surface area contributed by atoms with Crippen LogP contribution in [0.2, 0.25) is 0 Å². The van der Waals surface area contributed by atoms with E-state index in [0.29, 0.717) is 0 Å². The van der Waals surface area contributed by atoms with Crippen LogP contribution in [0.1, 0.15) is 0 Å². The average Bonchev–Trinajstić information content (AvgIpc) is 1.68. The van der Waals surface area contributed by atoms with E-state index in [0.717, 1.165) is 6.08 Å². The molecule has 8 heavy (non-hydrogen) atoms. The van der Waals surface area contributed by atoms with Crippen molar-refractivity contribution in [2.45, 2.75) is 0 Å². The van der Waals surface area contributed by atoms with Crippen LogP contribution in [-0.2, 0) is 9.53 Å². The first-order valence-electron chi connectivity index (χ1n) is 1.68. The van der Waals surface area contributed by atoms with Gasteiger partial charge in [-0.15, -0.1) is 6.08 Å². The Bertz CT molecular complexity index is 92.0. The molecule has 0 saturated heterocycles. The van der Waals surface area contributed by atoms with Crippen molar-refractivity contribution < 1.29 is 9.53 Å². The largest absolute Gasteiger partial charge is 0.550 e. The molecule has 0 saturated carbocycles. The maximum atomic E-state index is 9.99. The van der Waals surface area contributed by atoms with Gasteiger partial charge < -0.3 is 15.3 Å². The van der Waals surface area contributed by atoms with Gasteiger partial charge in [0.1, 0.15) is 0 Å². The Kier molecular flexibility index (Phi) is 5.88. The summed E-state index contributed by atoms with van der Waals surface area (Å²) >= 11 is 0. The molecule has 0 aliphatic rings. The summed E-state index contributed by atoms with van der Waals surface area (Å²) in [6.07, 6.45) is 3.03. The molecular formula is C4H6NO2Rf-. The van der Waals surface area contributed by atoms with E-state index in [-0.39, 0.29) is 0 Å². The van der Waals surface area contributed by atoms with Gasteiger partial charge in [-0.05, 0) is 0 Å². The van der Waals surface area contributed by atoms with E-state index >= 15 is 0 Å². The van der Waals surface area contributed by atoms with Crippen molar-refractivity contribution in [2.24, 2.45) is 5.73 Å². The fourth-order valence-electron chi connectivity index (χ4n) is 0.127. The predicted octanol–water partition coefficient (Wildman–Crippen LogP) is -0.565. The summed E-state index contributed by atoms with van der Waals surface area (Å²) in [5.41, 5.74) is 4.70. The fourth-order valence-corrected chi connectivity index (χ4v) is 0.127. The number of hydrogen-bond acceptors (Lipinski definition) is 3. The van der Waals surface area contributed by atoms with Crippen molar-refractivity contribution in [2.75, 3.05) is 7.11 Å². The molecule has 0 aromatic carbocycles. The van der Waals surface area contributed by atoms with Crippen molar-refractivity contribution in [1.82, 2.24) is 0 Å². The Morgan fingerprint density at radius 1 is 1.88 bits per heavy atom. The third-order valence-electron chi connectivity index (χ3n) is 0.402. The van der Waals surface area contributed by atoms with E-state index < -0.39 is 5.97 Å². The first-order valence-corrected chi connectivity index (χ1v) is 1.68. The van der Waals surface area contributed by atoms with E-state index in [1.54, 1.807) is 0 Å². The third-order valence-corrected chi connectivity index (χ3v) is 0.402. The number of nitrogens with two attached hydrogens (primary N) is 1. The molecule has 0 heterocycles. The predicted molar refractivity (Wildman–Crippen MR) is 24.0 cm³/mol. The molecule has 0 amide bonds. The zero-order chi connectivity index (χ0) is 5.70. The summed E-state index contributed by atoms with van der Waals surface area (Å²) in [6, 6.07) is 0. The first kappa shape index (κ1) is 9.38. The van der Waals surface area contributed by atoms with Gasteiger partial charge in [-0.2, -0.15) is 6.20 Å². The zero-order valence-corrected chi connectivity index (χ0v) is 11.1. The van der Waals surface area contributed by atoms with Crippen LogP contribution >= 0.6 is 0 Å². The van der Waals surface area contributed by atoms with Crippen LogP contribution in [0.15, 0.2) is 6.08 Å². The minimum absolute atomic E-state index is 0. The Hall–Kier alpha value is -1.99. The molecule has 0 aliphatic heterocycles. The van der Waals surface area contributed by atoms with Crippen LogP contribution < -0.4 is 5.73 Å². The number of hydrogen-bond donors (Lipinski definition) is 1. The Morgan fingerprint density at radius 3 is 2.50 bits per heavy atom.